The zero-order valence-corrected chi connectivity index (χ0v) is 21.9. The summed E-state index contributed by atoms with van der Waals surface area (Å²) in [6.07, 6.45) is 8.10. The summed E-state index contributed by atoms with van der Waals surface area (Å²) in [6, 6.07) is 19.7. The number of ether oxygens (including phenoxy) is 1. The van der Waals surface area contributed by atoms with Crippen LogP contribution in [0.15, 0.2) is 54.6 Å². The Balaban J connectivity index is 1.60. The Morgan fingerprint density at radius 3 is 2.43 bits per heavy atom. The average molecular weight is 472 g/mol. The first kappa shape index (κ1) is 25.2. The number of methoxy groups -OCH3 is 1. The van der Waals surface area contributed by atoms with Gasteiger partial charge in [-0.25, -0.2) is 0 Å². The highest BCUT2D eigenvalue weighted by Gasteiger charge is 2.25. The lowest BCUT2D eigenvalue weighted by Crippen LogP contribution is -2.25. The van der Waals surface area contributed by atoms with E-state index in [-0.39, 0.29) is 0 Å². The number of fused-ring (bicyclic) bond motifs is 1. The monoisotopic (exact) mass is 471 g/mol. The molecule has 4 rings (SSSR count). The quantitative estimate of drug-likeness (QED) is 0.307. The highest BCUT2D eigenvalue weighted by molar-refractivity contribution is 5.61. The molecule has 0 fully saturated rings. The maximum Gasteiger partial charge on any atom is 0.122 e. The van der Waals surface area contributed by atoms with Gasteiger partial charge < -0.3 is 14.7 Å². The van der Waals surface area contributed by atoms with Gasteiger partial charge in [0.15, 0.2) is 0 Å². The van der Waals surface area contributed by atoms with Gasteiger partial charge in [-0.2, -0.15) is 0 Å². The van der Waals surface area contributed by atoms with Crippen molar-refractivity contribution in [1.29, 1.82) is 0 Å². The van der Waals surface area contributed by atoms with Crippen LogP contribution in [0.25, 0.3) is 0 Å². The Morgan fingerprint density at radius 1 is 0.943 bits per heavy atom. The maximum atomic E-state index is 9.91. The molecule has 1 atom stereocenters. The summed E-state index contributed by atoms with van der Waals surface area (Å²) in [5.74, 6) is 1.77. The van der Waals surface area contributed by atoms with Crippen molar-refractivity contribution in [3.8, 4) is 11.5 Å². The van der Waals surface area contributed by atoms with Crippen LogP contribution in [-0.4, -0.2) is 18.8 Å². The second-order valence-corrected chi connectivity index (χ2v) is 10.1. The number of phenolic OH excluding ortho intramolecular Hbond substituents is 1. The number of phenols is 1. The van der Waals surface area contributed by atoms with Crippen molar-refractivity contribution < 1.29 is 9.84 Å². The van der Waals surface area contributed by atoms with Gasteiger partial charge in [-0.15, -0.1) is 0 Å². The fraction of sp³-hybridized carbons (Fsp3) is 0.438. The molecule has 0 heterocycles. The first-order chi connectivity index (χ1) is 17.0. The van der Waals surface area contributed by atoms with Crippen LogP contribution in [0.2, 0.25) is 0 Å². The van der Waals surface area contributed by atoms with Crippen molar-refractivity contribution in [3.05, 3.63) is 88.0 Å². The fourth-order valence-electron chi connectivity index (χ4n) is 5.49. The Hall–Kier alpha value is -2.94. The molecule has 0 aliphatic heterocycles. The zero-order chi connectivity index (χ0) is 24.8. The van der Waals surface area contributed by atoms with E-state index < -0.39 is 0 Å². The molecule has 3 nitrogen and oxygen atoms in total. The third-order valence-electron chi connectivity index (χ3n) is 7.59. The van der Waals surface area contributed by atoms with E-state index in [4.69, 9.17) is 4.74 Å². The molecule has 3 aromatic rings. The first-order valence-corrected chi connectivity index (χ1v) is 13.3. The Labute approximate surface area is 211 Å². The topological polar surface area (TPSA) is 32.7 Å². The fourth-order valence-corrected chi connectivity index (χ4v) is 5.49. The van der Waals surface area contributed by atoms with E-state index in [1.165, 1.54) is 64.8 Å². The molecule has 0 unspecified atom stereocenters. The second-order valence-electron chi connectivity index (χ2n) is 10.1. The third-order valence-corrected chi connectivity index (χ3v) is 7.59. The van der Waals surface area contributed by atoms with Crippen molar-refractivity contribution in [2.24, 2.45) is 0 Å². The average Bonchev–Trinajstić information content (AvgIpc) is 2.88. The van der Waals surface area contributed by atoms with E-state index in [2.05, 4.69) is 68.1 Å². The molecule has 186 valence electrons. The van der Waals surface area contributed by atoms with Gasteiger partial charge in [-0.1, -0.05) is 50.1 Å². The van der Waals surface area contributed by atoms with Crippen molar-refractivity contribution in [3.63, 3.8) is 0 Å². The lowest BCUT2D eigenvalue weighted by Gasteiger charge is -2.32. The van der Waals surface area contributed by atoms with E-state index in [1.54, 1.807) is 7.11 Å². The molecule has 35 heavy (non-hydrogen) atoms. The highest BCUT2D eigenvalue weighted by atomic mass is 16.5. The van der Waals surface area contributed by atoms with Crippen molar-refractivity contribution in [2.45, 2.75) is 78.2 Å². The maximum absolute atomic E-state index is 9.91. The molecule has 1 N–H and O–H groups in total. The van der Waals surface area contributed by atoms with Gasteiger partial charge in [0.25, 0.3) is 0 Å². The van der Waals surface area contributed by atoms with Gasteiger partial charge in [0.1, 0.15) is 11.5 Å². The number of anilines is 1. The molecule has 0 amide bonds. The summed E-state index contributed by atoms with van der Waals surface area (Å²) in [4.78, 5) is 2.51. The summed E-state index contributed by atoms with van der Waals surface area (Å²) in [6.45, 7) is 8.51. The van der Waals surface area contributed by atoms with Crippen LogP contribution in [0.3, 0.4) is 0 Å². The van der Waals surface area contributed by atoms with E-state index in [0.717, 1.165) is 38.1 Å². The molecule has 0 aromatic heterocycles. The summed E-state index contributed by atoms with van der Waals surface area (Å²) in [5, 5.41) is 9.91. The standard InChI is InChI=1S/C32H41NO2/c1-5-7-8-9-24-10-12-25(13-11-24)22-33(6-2)31-18-23(3)32(35-4)21-30(31)28-15-14-27-20-29(34)17-16-26(27)19-28/h10-13,16-18,20-21,28,34H,5-9,14-15,19,22H2,1-4H3/t28-/m1/s1. The van der Waals surface area contributed by atoms with E-state index in [1.807, 2.05) is 12.1 Å². The van der Waals surface area contributed by atoms with Gasteiger partial charge in [0.2, 0.25) is 0 Å². The SMILES string of the molecule is CCCCCc1ccc(CN(CC)c2cc(C)c(OC)cc2[C@@H]2CCc3cc(O)ccc3C2)cc1. The Kier molecular flexibility index (Phi) is 8.38. The van der Waals surface area contributed by atoms with Gasteiger partial charge in [0, 0.05) is 18.8 Å². The third kappa shape index (κ3) is 6.01. The number of hydrogen-bond donors (Lipinski definition) is 1. The Morgan fingerprint density at radius 2 is 1.71 bits per heavy atom. The molecule has 3 heteroatoms. The number of benzene rings is 3. The molecule has 0 spiro atoms. The summed E-state index contributed by atoms with van der Waals surface area (Å²) in [7, 11) is 1.77. The molecular weight excluding hydrogens is 430 g/mol. The zero-order valence-electron chi connectivity index (χ0n) is 21.9. The van der Waals surface area contributed by atoms with Gasteiger partial charge in [-0.05, 0) is 110 Å². The summed E-state index contributed by atoms with van der Waals surface area (Å²) in [5.41, 5.74) is 9.32. The second kappa shape index (κ2) is 11.7. The molecule has 0 saturated carbocycles. The van der Waals surface area contributed by atoms with Crippen molar-refractivity contribution in [2.75, 3.05) is 18.6 Å². The van der Waals surface area contributed by atoms with Gasteiger partial charge in [0.05, 0.1) is 7.11 Å². The highest BCUT2D eigenvalue weighted by Crippen LogP contribution is 2.41. The van der Waals surface area contributed by atoms with Crippen molar-refractivity contribution >= 4 is 5.69 Å². The molecular formula is C32H41NO2. The molecule has 3 aromatic carbocycles. The van der Waals surface area contributed by atoms with Crippen LogP contribution < -0.4 is 9.64 Å². The van der Waals surface area contributed by atoms with Crippen LogP contribution in [0, 0.1) is 6.92 Å². The summed E-state index contributed by atoms with van der Waals surface area (Å²) >= 11 is 0. The molecule has 0 bridgehead atoms. The smallest absolute Gasteiger partial charge is 0.122 e. The van der Waals surface area contributed by atoms with E-state index in [9.17, 15) is 5.11 Å². The number of aryl methyl sites for hydroxylation is 3. The van der Waals surface area contributed by atoms with Crippen LogP contribution >= 0.6 is 0 Å². The van der Waals surface area contributed by atoms with Crippen LogP contribution in [0.4, 0.5) is 5.69 Å². The largest absolute Gasteiger partial charge is 0.508 e. The molecule has 1 aliphatic carbocycles. The minimum Gasteiger partial charge on any atom is -0.508 e. The number of unbranched alkanes of at least 4 members (excludes halogenated alkanes) is 2. The minimum absolute atomic E-state index is 0.369. The van der Waals surface area contributed by atoms with Crippen LogP contribution in [0.1, 0.15) is 78.8 Å². The minimum atomic E-state index is 0.369. The predicted octanol–water partition coefficient (Wildman–Crippen LogP) is 7.74. The molecule has 0 saturated heterocycles. The lowest BCUT2D eigenvalue weighted by molar-refractivity contribution is 0.410. The normalized spacial score (nSPS) is 15.0. The van der Waals surface area contributed by atoms with E-state index >= 15 is 0 Å². The number of aromatic hydroxyl groups is 1. The van der Waals surface area contributed by atoms with Crippen LogP contribution in [-0.2, 0) is 25.8 Å². The molecule has 0 radical (unpaired) electrons. The number of rotatable bonds is 10. The predicted molar refractivity (Wildman–Crippen MR) is 147 cm³/mol. The lowest BCUT2D eigenvalue weighted by atomic mass is 9.79. The molecule has 1 aliphatic rings. The van der Waals surface area contributed by atoms with Gasteiger partial charge in [-0.3, -0.25) is 0 Å². The number of nitrogens with zero attached hydrogens (tertiary/aromatic N) is 1. The Bertz CT molecular complexity index is 1120. The van der Waals surface area contributed by atoms with Crippen molar-refractivity contribution in [1.82, 2.24) is 0 Å². The van der Waals surface area contributed by atoms with E-state index in [0.29, 0.717) is 11.7 Å². The van der Waals surface area contributed by atoms with Gasteiger partial charge >= 0.3 is 0 Å². The first-order valence-electron chi connectivity index (χ1n) is 13.3. The van der Waals surface area contributed by atoms with Crippen LogP contribution in [0.5, 0.6) is 11.5 Å². The summed E-state index contributed by atoms with van der Waals surface area (Å²) < 4.78 is 5.75. The number of hydrogen-bond acceptors (Lipinski definition) is 3.